The molecule has 0 bridgehead atoms. The number of hydrogen-bond acceptors (Lipinski definition) is 5. The minimum Gasteiger partial charge on any atom is -0.288 e. The smallest absolute Gasteiger partial charge is 0.183 e. The summed E-state index contributed by atoms with van der Waals surface area (Å²) in [6.07, 6.45) is 10.7. The van der Waals surface area contributed by atoms with E-state index in [0.29, 0.717) is 5.82 Å². The second-order valence-electron chi connectivity index (χ2n) is 5.75. The Morgan fingerprint density at radius 1 is 0.808 bits per heavy atom. The van der Waals surface area contributed by atoms with Crippen molar-refractivity contribution in [3.8, 4) is 22.9 Å². The Morgan fingerprint density at radius 2 is 1.62 bits per heavy atom. The number of benzene rings is 1. The summed E-state index contributed by atoms with van der Waals surface area (Å²) >= 11 is 0. The van der Waals surface area contributed by atoms with Gasteiger partial charge in [0.15, 0.2) is 11.6 Å². The monoisotopic (exact) mass is 339 g/mol. The molecule has 0 fully saturated rings. The number of pyridine rings is 1. The van der Waals surface area contributed by atoms with E-state index in [-0.39, 0.29) is 0 Å². The van der Waals surface area contributed by atoms with E-state index in [1.54, 1.807) is 29.6 Å². The van der Waals surface area contributed by atoms with Crippen molar-refractivity contribution in [3.05, 3.63) is 79.8 Å². The molecule has 0 aliphatic carbocycles. The van der Waals surface area contributed by atoms with E-state index < -0.39 is 0 Å². The number of hydrogen-bond donors (Lipinski definition) is 0. The highest BCUT2D eigenvalue weighted by Gasteiger charge is 2.13. The van der Waals surface area contributed by atoms with Crippen molar-refractivity contribution in [1.82, 2.24) is 34.5 Å². The van der Waals surface area contributed by atoms with Gasteiger partial charge < -0.3 is 0 Å². The molecule has 124 valence electrons. The number of rotatable bonds is 3. The molecule has 0 radical (unpaired) electrons. The molecule has 0 amide bonds. The van der Waals surface area contributed by atoms with Gasteiger partial charge in [-0.25, -0.2) is 9.67 Å². The third kappa shape index (κ3) is 2.34. The lowest BCUT2D eigenvalue weighted by molar-refractivity contribution is 0.813. The summed E-state index contributed by atoms with van der Waals surface area (Å²) in [7, 11) is 0. The fourth-order valence-corrected chi connectivity index (χ4v) is 2.92. The second-order valence-corrected chi connectivity index (χ2v) is 5.75. The molecule has 1 aromatic carbocycles. The topological polar surface area (TPSA) is 74.3 Å². The highest BCUT2D eigenvalue weighted by Crippen LogP contribution is 2.25. The van der Waals surface area contributed by atoms with Crippen molar-refractivity contribution in [2.45, 2.75) is 0 Å². The van der Waals surface area contributed by atoms with E-state index in [0.717, 1.165) is 27.8 Å². The van der Waals surface area contributed by atoms with Crippen LogP contribution in [0.25, 0.3) is 33.7 Å². The average Bonchev–Trinajstić information content (AvgIpc) is 3.40. The summed E-state index contributed by atoms with van der Waals surface area (Å²) in [5.74, 6) is 1.41. The lowest BCUT2D eigenvalue weighted by Gasteiger charge is -2.09. The van der Waals surface area contributed by atoms with Crippen LogP contribution in [-0.2, 0) is 0 Å². The van der Waals surface area contributed by atoms with E-state index in [2.05, 4.69) is 25.3 Å². The Balaban J connectivity index is 1.67. The quantitative estimate of drug-likeness (QED) is 0.505. The van der Waals surface area contributed by atoms with E-state index in [4.69, 9.17) is 0 Å². The molecule has 4 aromatic heterocycles. The van der Waals surface area contributed by atoms with Gasteiger partial charge in [0.1, 0.15) is 6.33 Å². The van der Waals surface area contributed by atoms with Crippen molar-refractivity contribution in [1.29, 1.82) is 0 Å². The molecule has 0 saturated carbocycles. The van der Waals surface area contributed by atoms with Crippen molar-refractivity contribution in [2.24, 2.45) is 0 Å². The molecule has 5 aromatic rings. The predicted octanol–water partition coefficient (Wildman–Crippen LogP) is 3.06. The van der Waals surface area contributed by atoms with Crippen LogP contribution in [0.2, 0.25) is 0 Å². The summed E-state index contributed by atoms with van der Waals surface area (Å²) in [4.78, 5) is 8.46. The molecule has 5 rings (SSSR count). The fraction of sp³-hybridized carbons (Fsp3) is 0. The molecular weight excluding hydrogens is 326 g/mol. The molecular formula is C19H13N7. The maximum Gasteiger partial charge on any atom is 0.183 e. The van der Waals surface area contributed by atoms with Gasteiger partial charge in [0.05, 0.1) is 11.9 Å². The zero-order valence-corrected chi connectivity index (χ0v) is 13.6. The molecule has 4 heterocycles. The van der Waals surface area contributed by atoms with Crippen LogP contribution in [0.1, 0.15) is 0 Å². The molecule has 0 atom stereocenters. The van der Waals surface area contributed by atoms with E-state index in [1.165, 1.54) is 0 Å². The molecule has 0 aliphatic rings. The van der Waals surface area contributed by atoms with E-state index in [9.17, 15) is 0 Å². The van der Waals surface area contributed by atoms with Gasteiger partial charge in [-0.15, -0.1) is 10.2 Å². The normalized spacial score (nSPS) is 11.1. The molecule has 26 heavy (non-hydrogen) atoms. The van der Waals surface area contributed by atoms with Gasteiger partial charge in [0, 0.05) is 41.1 Å². The molecule has 7 nitrogen and oxygen atoms in total. The number of nitrogens with zero attached hydrogens (tertiary/aromatic N) is 7. The molecule has 7 heteroatoms. The highest BCUT2D eigenvalue weighted by atomic mass is 15.3. The molecule has 0 N–H and O–H groups in total. The zero-order chi connectivity index (χ0) is 17.3. The molecule has 0 aliphatic heterocycles. The first-order valence-electron chi connectivity index (χ1n) is 8.10. The van der Waals surface area contributed by atoms with E-state index >= 15 is 0 Å². The van der Waals surface area contributed by atoms with Gasteiger partial charge in [-0.2, -0.15) is 5.10 Å². The summed E-state index contributed by atoms with van der Waals surface area (Å²) < 4.78 is 3.58. The fourth-order valence-electron chi connectivity index (χ4n) is 2.92. The Labute approximate surface area is 148 Å². The summed E-state index contributed by atoms with van der Waals surface area (Å²) in [5, 5.41) is 15.2. The lowest BCUT2D eigenvalue weighted by atomic mass is 10.1. The van der Waals surface area contributed by atoms with Gasteiger partial charge in [-0.3, -0.25) is 9.55 Å². The van der Waals surface area contributed by atoms with Crippen LogP contribution < -0.4 is 0 Å². The third-order valence-corrected chi connectivity index (χ3v) is 4.16. The first kappa shape index (κ1) is 14.5. The minimum absolute atomic E-state index is 0.673. The van der Waals surface area contributed by atoms with Crippen molar-refractivity contribution in [2.75, 3.05) is 0 Å². The lowest BCUT2D eigenvalue weighted by Crippen LogP contribution is -2.05. The van der Waals surface area contributed by atoms with Crippen LogP contribution in [0.15, 0.2) is 79.8 Å². The second kappa shape index (κ2) is 5.89. The molecule has 0 spiro atoms. The van der Waals surface area contributed by atoms with Gasteiger partial charge >= 0.3 is 0 Å². The summed E-state index contributed by atoms with van der Waals surface area (Å²) in [6.45, 7) is 0. The predicted molar refractivity (Wildman–Crippen MR) is 97.0 cm³/mol. The van der Waals surface area contributed by atoms with Crippen LogP contribution >= 0.6 is 0 Å². The third-order valence-electron chi connectivity index (χ3n) is 4.16. The van der Waals surface area contributed by atoms with Crippen LogP contribution in [0.3, 0.4) is 0 Å². The maximum atomic E-state index is 4.46. The summed E-state index contributed by atoms with van der Waals surface area (Å²) in [5.41, 5.74) is 1.79. The molecule has 0 unspecified atom stereocenters. The summed E-state index contributed by atoms with van der Waals surface area (Å²) in [6, 6.07) is 13.8. The van der Waals surface area contributed by atoms with Gasteiger partial charge in [-0.1, -0.05) is 30.3 Å². The Morgan fingerprint density at radius 3 is 2.38 bits per heavy atom. The standard InChI is InChI=1S/C19H13N7/c1-2-6-16-15(5-1)18(25-10-9-20-13-25)23-24-19(16)26-12-14(11-22-26)17-7-3-4-8-21-17/h1-13H. The van der Waals surface area contributed by atoms with Crippen LogP contribution in [0.5, 0.6) is 0 Å². The SMILES string of the molecule is c1ccc(-c2cnn(-c3nnc(-n4ccnc4)c4ccccc34)c2)nc1. The van der Waals surface area contributed by atoms with Gasteiger partial charge in [-0.05, 0) is 12.1 Å². The number of fused-ring (bicyclic) bond motifs is 1. The Bertz CT molecular complexity index is 1180. The largest absolute Gasteiger partial charge is 0.288 e. The highest BCUT2D eigenvalue weighted by molar-refractivity contribution is 5.93. The maximum absolute atomic E-state index is 4.46. The van der Waals surface area contributed by atoms with Crippen molar-refractivity contribution < 1.29 is 0 Å². The first-order chi connectivity index (χ1) is 12.9. The average molecular weight is 339 g/mol. The molecule has 0 saturated heterocycles. The van der Waals surface area contributed by atoms with Crippen molar-refractivity contribution >= 4 is 10.8 Å². The van der Waals surface area contributed by atoms with Crippen molar-refractivity contribution in [3.63, 3.8) is 0 Å². The van der Waals surface area contributed by atoms with Gasteiger partial charge in [0.2, 0.25) is 0 Å². The Kier molecular flexibility index (Phi) is 3.28. The minimum atomic E-state index is 0.673. The van der Waals surface area contributed by atoms with Crippen LogP contribution in [0, 0.1) is 0 Å². The number of aromatic nitrogens is 7. The Hall–Kier alpha value is -3.87. The first-order valence-corrected chi connectivity index (χ1v) is 8.10. The van der Waals surface area contributed by atoms with Gasteiger partial charge in [0.25, 0.3) is 0 Å². The van der Waals surface area contributed by atoms with Crippen LogP contribution in [-0.4, -0.2) is 34.5 Å². The van der Waals surface area contributed by atoms with Crippen LogP contribution in [0.4, 0.5) is 0 Å². The van der Waals surface area contributed by atoms with E-state index in [1.807, 2.05) is 59.4 Å². The zero-order valence-electron chi connectivity index (χ0n) is 13.6. The number of imidazole rings is 1.